The molecule has 0 spiro atoms. The molecule has 0 saturated carbocycles. The van der Waals surface area contributed by atoms with Crippen molar-refractivity contribution in [3.8, 4) is 0 Å². The van der Waals surface area contributed by atoms with Gasteiger partial charge in [0.15, 0.2) is 5.13 Å². The summed E-state index contributed by atoms with van der Waals surface area (Å²) in [6, 6.07) is 9.50. The lowest BCUT2D eigenvalue weighted by Crippen LogP contribution is -2.42. The van der Waals surface area contributed by atoms with Crippen LogP contribution < -0.4 is 5.32 Å². The van der Waals surface area contributed by atoms with Gasteiger partial charge in [0, 0.05) is 28.5 Å². The highest BCUT2D eigenvalue weighted by atomic mass is 79.9. The standard InChI is InChI=1S/C21H20BrN3O2S2/c1-13-10-14(6-7-16(13)22)11-15-12-23-21(29-15)24-19(26)17-4-2-8-25(17)20(27)18-5-3-9-28-18/h3,5-7,9-10,12,17H,2,4,8,11H2,1H3,(H,23,24,26)/t17-/m0/s1. The third kappa shape index (κ3) is 4.60. The maximum atomic E-state index is 12.8. The monoisotopic (exact) mass is 489 g/mol. The number of benzene rings is 1. The molecule has 2 aromatic heterocycles. The highest BCUT2D eigenvalue weighted by Crippen LogP contribution is 2.26. The summed E-state index contributed by atoms with van der Waals surface area (Å²) in [5, 5.41) is 5.37. The number of rotatable bonds is 5. The molecule has 1 aromatic carbocycles. The van der Waals surface area contributed by atoms with Crippen LogP contribution in [0.2, 0.25) is 0 Å². The molecular formula is C21H20BrN3O2S2. The van der Waals surface area contributed by atoms with Crippen molar-refractivity contribution in [3.63, 3.8) is 0 Å². The van der Waals surface area contributed by atoms with Gasteiger partial charge < -0.3 is 10.2 Å². The van der Waals surface area contributed by atoms with Crippen molar-refractivity contribution >= 4 is 55.5 Å². The van der Waals surface area contributed by atoms with Crippen molar-refractivity contribution in [1.29, 1.82) is 0 Å². The fraction of sp³-hybridized carbons (Fsp3) is 0.286. The zero-order chi connectivity index (χ0) is 20.4. The Bertz CT molecular complexity index is 1030. The fourth-order valence-corrected chi connectivity index (χ4v) is 5.25. The van der Waals surface area contributed by atoms with Gasteiger partial charge in [0.25, 0.3) is 5.91 Å². The maximum absolute atomic E-state index is 12.8. The second-order valence-corrected chi connectivity index (χ2v) is 9.93. The molecule has 1 N–H and O–H groups in total. The minimum Gasteiger partial charge on any atom is -0.326 e. The molecule has 1 aliphatic rings. The normalized spacial score (nSPS) is 16.2. The minimum absolute atomic E-state index is 0.0666. The van der Waals surface area contributed by atoms with E-state index in [1.54, 1.807) is 17.2 Å². The van der Waals surface area contributed by atoms with E-state index in [1.807, 2.05) is 17.5 Å². The lowest BCUT2D eigenvalue weighted by molar-refractivity contribution is -0.119. The number of hydrogen-bond acceptors (Lipinski definition) is 5. The van der Waals surface area contributed by atoms with Gasteiger partial charge in [-0.3, -0.25) is 9.59 Å². The molecule has 8 heteroatoms. The fourth-order valence-electron chi connectivity index (χ4n) is 3.48. The van der Waals surface area contributed by atoms with Crippen molar-refractivity contribution in [2.24, 2.45) is 0 Å². The van der Waals surface area contributed by atoms with Gasteiger partial charge in [-0.1, -0.05) is 34.1 Å². The van der Waals surface area contributed by atoms with E-state index in [0.717, 1.165) is 22.2 Å². The van der Waals surface area contributed by atoms with E-state index in [2.05, 4.69) is 45.3 Å². The number of nitrogens with one attached hydrogen (secondary N) is 1. The lowest BCUT2D eigenvalue weighted by Gasteiger charge is -2.22. The van der Waals surface area contributed by atoms with Crippen LogP contribution in [0.3, 0.4) is 0 Å². The van der Waals surface area contributed by atoms with E-state index >= 15 is 0 Å². The van der Waals surface area contributed by atoms with Crippen LogP contribution in [0.5, 0.6) is 0 Å². The van der Waals surface area contributed by atoms with Gasteiger partial charge in [-0.2, -0.15) is 0 Å². The number of halogens is 1. The average molecular weight is 490 g/mol. The number of anilines is 1. The molecule has 3 aromatic rings. The molecule has 2 amide bonds. The molecule has 1 saturated heterocycles. The van der Waals surface area contributed by atoms with Crippen molar-refractivity contribution in [1.82, 2.24) is 9.88 Å². The number of aromatic nitrogens is 1. The Morgan fingerprint density at radius 2 is 2.21 bits per heavy atom. The van der Waals surface area contributed by atoms with Crippen molar-refractivity contribution < 1.29 is 9.59 Å². The Balaban J connectivity index is 1.40. The number of carbonyl (C=O) groups excluding carboxylic acids is 2. The van der Waals surface area contributed by atoms with Crippen LogP contribution in [0.25, 0.3) is 0 Å². The lowest BCUT2D eigenvalue weighted by atomic mass is 10.1. The van der Waals surface area contributed by atoms with Crippen LogP contribution in [-0.2, 0) is 11.2 Å². The molecular weight excluding hydrogens is 470 g/mol. The van der Waals surface area contributed by atoms with Gasteiger partial charge in [0.2, 0.25) is 5.91 Å². The van der Waals surface area contributed by atoms with Gasteiger partial charge in [-0.25, -0.2) is 4.98 Å². The van der Waals surface area contributed by atoms with E-state index < -0.39 is 6.04 Å². The number of amides is 2. The molecule has 0 aliphatic carbocycles. The number of aryl methyl sites for hydroxylation is 1. The predicted octanol–water partition coefficient (Wildman–Crippen LogP) is 5.11. The smallest absolute Gasteiger partial charge is 0.264 e. The number of likely N-dealkylation sites (tertiary alicyclic amines) is 1. The Morgan fingerprint density at radius 1 is 1.34 bits per heavy atom. The highest BCUT2D eigenvalue weighted by molar-refractivity contribution is 9.10. The number of carbonyl (C=O) groups is 2. The second-order valence-electron chi connectivity index (χ2n) is 7.02. The third-order valence-electron chi connectivity index (χ3n) is 4.93. The van der Waals surface area contributed by atoms with Crippen molar-refractivity contribution in [3.05, 3.63) is 67.3 Å². The van der Waals surface area contributed by atoms with Gasteiger partial charge >= 0.3 is 0 Å². The zero-order valence-electron chi connectivity index (χ0n) is 15.9. The summed E-state index contributed by atoms with van der Waals surface area (Å²) in [5.41, 5.74) is 2.40. The van der Waals surface area contributed by atoms with E-state index in [-0.39, 0.29) is 11.8 Å². The Hall–Kier alpha value is -2.03. The number of thiophene rings is 1. The first kappa shape index (κ1) is 20.3. The largest absolute Gasteiger partial charge is 0.326 e. The summed E-state index contributed by atoms with van der Waals surface area (Å²) in [4.78, 5) is 33.3. The van der Waals surface area contributed by atoms with E-state index in [0.29, 0.717) is 23.0 Å². The number of hydrogen-bond donors (Lipinski definition) is 1. The average Bonchev–Trinajstić information content (AvgIpc) is 3.45. The summed E-state index contributed by atoms with van der Waals surface area (Å²) < 4.78 is 1.09. The van der Waals surface area contributed by atoms with Crippen LogP contribution in [0.1, 0.15) is 38.5 Å². The summed E-state index contributed by atoms with van der Waals surface area (Å²) in [7, 11) is 0. The van der Waals surface area contributed by atoms with Gasteiger partial charge in [0.05, 0.1) is 4.88 Å². The van der Waals surface area contributed by atoms with Crippen LogP contribution in [0.4, 0.5) is 5.13 Å². The summed E-state index contributed by atoms with van der Waals surface area (Å²) in [5.74, 6) is -0.226. The van der Waals surface area contributed by atoms with Crippen molar-refractivity contribution in [2.45, 2.75) is 32.2 Å². The van der Waals surface area contributed by atoms with Gasteiger partial charge in [-0.05, 0) is 48.4 Å². The molecule has 0 radical (unpaired) electrons. The van der Waals surface area contributed by atoms with Gasteiger partial charge in [-0.15, -0.1) is 22.7 Å². The minimum atomic E-state index is -0.439. The highest BCUT2D eigenvalue weighted by Gasteiger charge is 2.35. The van der Waals surface area contributed by atoms with Gasteiger partial charge in [0.1, 0.15) is 6.04 Å². The summed E-state index contributed by atoms with van der Waals surface area (Å²) in [6.45, 7) is 2.68. The summed E-state index contributed by atoms with van der Waals surface area (Å²) in [6.07, 6.45) is 4.09. The first-order chi connectivity index (χ1) is 14.0. The topological polar surface area (TPSA) is 62.3 Å². The molecule has 29 heavy (non-hydrogen) atoms. The molecule has 0 unspecified atom stereocenters. The summed E-state index contributed by atoms with van der Waals surface area (Å²) >= 11 is 6.40. The second kappa shape index (κ2) is 8.77. The third-order valence-corrected chi connectivity index (χ3v) is 7.59. The molecule has 150 valence electrons. The first-order valence-corrected chi connectivity index (χ1v) is 11.9. The van der Waals surface area contributed by atoms with Crippen LogP contribution >= 0.6 is 38.6 Å². The Kier molecular flexibility index (Phi) is 6.12. The predicted molar refractivity (Wildman–Crippen MR) is 121 cm³/mol. The zero-order valence-corrected chi connectivity index (χ0v) is 19.1. The molecule has 1 fully saturated rings. The molecule has 5 nitrogen and oxygen atoms in total. The SMILES string of the molecule is Cc1cc(Cc2cnc(NC(=O)[C@@H]3CCCN3C(=O)c3cccs3)s2)ccc1Br. The van der Waals surface area contributed by atoms with E-state index in [4.69, 9.17) is 0 Å². The number of thiazole rings is 1. The molecule has 3 heterocycles. The van der Waals surface area contributed by atoms with Crippen LogP contribution in [0, 0.1) is 6.92 Å². The molecule has 1 atom stereocenters. The van der Waals surface area contributed by atoms with Crippen LogP contribution in [-0.4, -0.2) is 34.3 Å². The molecule has 1 aliphatic heterocycles. The maximum Gasteiger partial charge on any atom is 0.264 e. The Morgan fingerprint density at radius 3 is 2.97 bits per heavy atom. The van der Waals surface area contributed by atoms with E-state index in [1.165, 1.54) is 33.8 Å². The molecule has 4 rings (SSSR count). The number of nitrogens with zero attached hydrogens (tertiary/aromatic N) is 2. The van der Waals surface area contributed by atoms with Crippen LogP contribution in [0.15, 0.2) is 46.4 Å². The first-order valence-electron chi connectivity index (χ1n) is 9.36. The Labute approximate surface area is 185 Å². The quantitative estimate of drug-likeness (QED) is 0.541. The van der Waals surface area contributed by atoms with E-state index in [9.17, 15) is 9.59 Å². The van der Waals surface area contributed by atoms with Crippen molar-refractivity contribution in [2.75, 3.05) is 11.9 Å². The molecule has 0 bridgehead atoms.